The summed E-state index contributed by atoms with van der Waals surface area (Å²) in [4.78, 5) is 4.11. The first kappa shape index (κ1) is 7.09. The van der Waals surface area contributed by atoms with Crippen LogP contribution in [0.5, 0.6) is 0 Å². The Labute approximate surface area is 75.6 Å². The highest BCUT2D eigenvalue weighted by Gasteiger charge is 2.23. The van der Waals surface area contributed by atoms with Crippen molar-refractivity contribution >= 4 is 11.1 Å². The summed E-state index contributed by atoms with van der Waals surface area (Å²) in [6.45, 7) is 0. The molecule has 0 spiro atoms. The van der Waals surface area contributed by atoms with E-state index in [0.29, 0.717) is 0 Å². The van der Waals surface area contributed by atoms with Crippen molar-refractivity contribution in [1.29, 1.82) is 0 Å². The summed E-state index contributed by atoms with van der Waals surface area (Å²) in [5.74, 6) is 0. The van der Waals surface area contributed by atoms with Crippen LogP contribution >= 0.6 is 0 Å². The Morgan fingerprint density at radius 1 is 1.46 bits per heavy atom. The Bertz CT molecular complexity index is 461. The summed E-state index contributed by atoms with van der Waals surface area (Å²) in [5, 5.41) is 0. The van der Waals surface area contributed by atoms with Gasteiger partial charge in [-0.1, -0.05) is 6.07 Å². The lowest BCUT2D eigenvalue weighted by atomic mass is 10.1. The number of fused-ring (bicyclic) bond motifs is 3. The normalized spacial score (nSPS) is 20.8. The van der Waals surface area contributed by atoms with E-state index in [1.54, 1.807) is 0 Å². The smallest absolute Gasteiger partial charge is 0.181 e. The van der Waals surface area contributed by atoms with Gasteiger partial charge in [0.15, 0.2) is 12.0 Å². The van der Waals surface area contributed by atoms with Gasteiger partial charge >= 0.3 is 0 Å². The average molecular weight is 174 g/mol. The highest BCUT2D eigenvalue weighted by Crippen LogP contribution is 2.34. The summed E-state index contributed by atoms with van der Waals surface area (Å²) in [7, 11) is 0. The highest BCUT2D eigenvalue weighted by atomic mass is 16.3. The van der Waals surface area contributed by atoms with Crippen molar-refractivity contribution in [2.75, 3.05) is 0 Å². The Morgan fingerprint density at radius 2 is 2.38 bits per heavy atom. The SMILES string of the molecule is NC1CCc2ccc3ncoc3c21. The molecule has 1 atom stereocenters. The topological polar surface area (TPSA) is 52.0 Å². The van der Waals surface area contributed by atoms with Crippen LogP contribution in [0.2, 0.25) is 0 Å². The maximum Gasteiger partial charge on any atom is 0.181 e. The molecule has 1 heterocycles. The van der Waals surface area contributed by atoms with E-state index >= 15 is 0 Å². The van der Waals surface area contributed by atoms with Crippen LogP contribution in [0.1, 0.15) is 23.6 Å². The Hall–Kier alpha value is -1.35. The maximum atomic E-state index is 5.98. The summed E-state index contributed by atoms with van der Waals surface area (Å²) < 4.78 is 5.34. The largest absolute Gasteiger partial charge is 0.443 e. The highest BCUT2D eigenvalue weighted by molar-refractivity contribution is 5.78. The Kier molecular flexibility index (Phi) is 1.27. The zero-order chi connectivity index (χ0) is 8.84. The van der Waals surface area contributed by atoms with Crippen LogP contribution in [0.4, 0.5) is 0 Å². The van der Waals surface area contributed by atoms with Crippen LogP contribution in [0.15, 0.2) is 22.9 Å². The van der Waals surface area contributed by atoms with Crippen molar-refractivity contribution in [1.82, 2.24) is 4.98 Å². The number of oxazole rings is 1. The molecule has 1 aliphatic carbocycles. The van der Waals surface area contributed by atoms with E-state index in [9.17, 15) is 0 Å². The third kappa shape index (κ3) is 0.848. The van der Waals surface area contributed by atoms with E-state index in [0.717, 1.165) is 29.5 Å². The first-order valence-corrected chi connectivity index (χ1v) is 4.47. The number of benzene rings is 1. The number of hydrogen-bond donors (Lipinski definition) is 1. The van der Waals surface area contributed by atoms with Gasteiger partial charge in [-0.25, -0.2) is 4.98 Å². The van der Waals surface area contributed by atoms with Gasteiger partial charge in [0.1, 0.15) is 5.52 Å². The summed E-state index contributed by atoms with van der Waals surface area (Å²) >= 11 is 0. The minimum absolute atomic E-state index is 0.131. The third-order valence-electron chi connectivity index (χ3n) is 2.72. The van der Waals surface area contributed by atoms with E-state index in [1.807, 2.05) is 6.07 Å². The van der Waals surface area contributed by atoms with Gasteiger partial charge in [-0.3, -0.25) is 0 Å². The predicted molar refractivity (Wildman–Crippen MR) is 49.3 cm³/mol. The van der Waals surface area contributed by atoms with E-state index in [4.69, 9.17) is 10.2 Å². The van der Waals surface area contributed by atoms with Crippen molar-refractivity contribution in [2.45, 2.75) is 18.9 Å². The van der Waals surface area contributed by atoms with Gasteiger partial charge in [0.05, 0.1) is 0 Å². The average Bonchev–Trinajstić information content (AvgIpc) is 2.70. The first-order chi connectivity index (χ1) is 6.36. The molecular formula is C10H10N2O. The van der Waals surface area contributed by atoms with Crippen LogP contribution in [-0.2, 0) is 6.42 Å². The molecule has 0 fully saturated rings. The fourth-order valence-electron chi connectivity index (χ4n) is 2.07. The van der Waals surface area contributed by atoms with Crippen molar-refractivity contribution in [3.8, 4) is 0 Å². The number of aromatic nitrogens is 1. The second kappa shape index (κ2) is 2.33. The molecule has 13 heavy (non-hydrogen) atoms. The third-order valence-corrected chi connectivity index (χ3v) is 2.72. The molecule has 2 aromatic rings. The number of nitrogens with two attached hydrogens (primary N) is 1. The van der Waals surface area contributed by atoms with Gasteiger partial charge in [-0.2, -0.15) is 0 Å². The molecule has 0 aliphatic heterocycles. The molecule has 2 N–H and O–H groups in total. The molecule has 0 bridgehead atoms. The van der Waals surface area contributed by atoms with Crippen LogP contribution in [0, 0.1) is 0 Å². The molecule has 1 aromatic carbocycles. The predicted octanol–water partition coefficient (Wildman–Crippen LogP) is 1.77. The first-order valence-electron chi connectivity index (χ1n) is 4.47. The van der Waals surface area contributed by atoms with E-state index < -0.39 is 0 Å². The molecule has 1 aromatic heterocycles. The van der Waals surface area contributed by atoms with Crippen molar-refractivity contribution in [3.63, 3.8) is 0 Å². The fraction of sp³-hybridized carbons (Fsp3) is 0.300. The second-order valence-electron chi connectivity index (χ2n) is 3.48. The summed E-state index contributed by atoms with van der Waals surface area (Å²) in [5.41, 5.74) is 10.3. The molecule has 0 radical (unpaired) electrons. The molecule has 3 rings (SSSR count). The van der Waals surface area contributed by atoms with Gasteiger partial charge in [0.25, 0.3) is 0 Å². The van der Waals surface area contributed by atoms with Crippen molar-refractivity contribution < 1.29 is 4.42 Å². The maximum absolute atomic E-state index is 5.98. The van der Waals surface area contributed by atoms with Crippen molar-refractivity contribution in [3.05, 3.63) is 29.7 Å². The lowest BCUT2D eigenvalue weighted by molar-refractivity contribution is 0.591. The van der Waals surface area contributed by atoms with Crippen molar-refractivity contribution in [2.24, 2.45) is 5.73 Å². The molecule has 0 amide bonds. The molecular weight excluding hydrogens is 164 g/mol. The van der Waals surface area contributed by atoms with Gasteiger partial charge < -0.3 is 10.2 Å². The second-order valence-corrected chi connectivity index (χ2v) is 3.48. The standard InChI is InChI=1S/C10H10N2O/c11-7-3-1-6-2-4-8-10(9(6)7)13-5-12-8/h2,4-5,7H,1,3,11H2. The van der Waals surface area contributed by atoms with Gasteiger partial charge in [-0.15, -0.1) is 0 Å². The number of nitrogens with zero attached hydrogens (tertiary/aromatic N) is 1. The molecule has 3 heteroatoms. The Balaban J connectivity index is 2.42. The quantitative estimate of drug-likeness (QED) is 0.662. The Morgan fingerprint density at radius 3 is 3.31 bits per heavy atom. The minimum Gasteiger partial charge on any atom is -0.443 e. The summed E-state index contributed by atoms with van der Waals surface area (Å²) in [6, 6.07) is 4.23. The molecule has 66 valence electrons. The molecule has 1 aliphatic rings. The van der Waals surface area contributed by atoms with Crippen LogP contribution in [0.25, 0.3) is 11.1 Å². The van der Waals surface area contributed by atoms with E-state index in [2.05, 4.69) is 11.1 Å². The van der Waals surface area contributed by atoms with Gasteiger partial charge in [0.2, 0.25) is 0 Å². The number of rotatable bonds is 0. The zero-order valence-corrected chi connectivity index (χ0v) is 7.16. The number of aryl methyl sites for hydroxylation is 1. The van der Waals surface area contributed by atoms with E-state index in [-0.39, 0.29) is 6.04 Å². The van der Waals surface area contributed by atoms with Gasteiger partial charge in [-0.05, 0) is 24.5 Å². The zero-order valence-electron chi connectivity index (χ0n) is 7.16. The van der Waals surface area contributed by atoms with Gasteiger partial charge in [0, 0.05) is 11.6 Å². The molecule has 0 saturated carbocycles. The van der Waals surface area contributed by atoms with Crippen LogP contribution < -0.4 is 5.73 Å². The van der Waals surface area contributed by atoms with Crippen LogP contribution in [-0.4, -0.2) is 4.98 Å². The molecule has 1 unspecified atom stereocenters. The monoisotopic (exact) mass is 174 g/mol. The van der Waals surface area contributed by atoms with E-state index in [1.165, 1.54) is 12.0 Å². The molecule has 3 nitrogen and oxygen atoms in total. The lowest BCUT2D eigenvalue weighted by Crippen LogP contribution is -2.05. The summed E-state index contributed by atoms with van der Waals surface area (Å²) in [6.07, 6.45) is 3.57. The van der Waals surface area contributed by atoms with Crippen LogP contribution in [0.3, 0.4) is 0 Å². The fourth-order valence-corrected chi connectivity index (χ4v) is 2.07. The lowest BCUT2D eigenvalue weighted by Gasteiger charge is -2.03. The minimum atomic E-state index is 0.131. The molecule has 0 saturated heterocycles. The number of hydrogen-bond acceptors (Lipinski definition) is 3.